The van der Waals surface area contributed by atoms with Gasteiger partial charge < -0.3 is 10.6 Å². The summed E-state index contributed by atoms with van der Waals surface area (Å²) in [6.07, 6.45) is 0.647. The van der Waals surface area contributed by atoms with E-state index in [0.29, 0.717) is 26.1 Å². The minimum absolute atomic E-state index is 0.302. The quantitative estimate of drug-likeness (QED) is 0.620. The molecule has 0 aromatic heterocycles. The molecule has 0 aliphatic rings. The van der Waals surface area contributed by atoms with Crippen LogP contribution in [0.4, 0.5) is 20.2 Å². The first-order valence-corrected chi connectivity index (χ1v) is 6.81. The third kappa shape index (κ3) is 4.10. The SMILES string of the molecule is CCCN(CC(C)(C)CN)c1c([N+](=O)[O-])ccc(F)c1F. The number of hydrogen-bond acceptors (Lipinski definition) is 4. The van der Waals surface area contributed by atoms with Gasteiger partial charge in [0, 0.05) is 19.2 Å². The Balaban J connectivity index is 3.36. The second-order valence-corrected chi connectivity index (χ2v) is 5.78. The molecule has 0 fully saturated rings. The van der Waals surface area contributed by atoms with Crippen LogP contribution in [0, 0.1) is 27.2 Å². The van der Waals surface area contributed by atoms with Gasteiger partial charge in [-0.05, 0) is 24.4 Å². The summed E-state index contributed by atoms with van der Waals surface area (Å²) >= 11 is 0. The van der Waals surface area contributed by atoms with Crippen molar-refractivity contribution in [1.82, 2.24) is 0 Å². The van der Waals surface area contributed by atoms with Gasteiger partial charge in [0.1, 0.15) is 0 Å². The molecule has 0 amide bonds. The first-order chi connectivity index (χ1) is 9.73. The number of halogens is 2. The standard InChI is InChI=1S/C14H21F2N3O2/c1-4-7-18(9-14(2,3)8-17)13-11(19(20)21)6-5-10(15)12(13)16/h5-6H,4,7-9,17H2,1-3H3. The molecule has 0 bridgehead atoms. The maximum Gasteiger partial charge on any atom is 0.295 e. The fraction of sp³-hybridized carbons (Fsp3) is 0.571. The second kappa shape index (κ2) is 6.80. The summed E-state index contributed by atoms with van der Waals surface area (Å²) < 4.78 is 27.6. The number of nitrogens with zero attached hydrogens (tertiary/aromatic N) is 2. The van der Waals surface area contributed by atoms with Crippen LogP contribution in [0.3, 0.4) is 0 Å². The van der Waals surface area contributed by atoms with Gasteiger partial charge in [0.15, 0.2) is 17.3 Å². The Morgan fingerprint density at radius 3 is 2.48 bits per heavy atom. The molecule has 2 N–H and O–H groups in total. The van der Waals surface area contributed by atoms with E-state index in [1.54, 1.807) is 0 Å². The summed E-state index contributed by atoms with van der Waals surface area (Å²) in [4.78, 5) is 11.9. The van der Waals surface area contributed by atoms with Gasteiger partial charge in [0.05, 0.1) is 4.92 Å². The third-order valence-corrected chi connectivity index (χ3v) is 3.23. The van der Waals surface area contributed by atoms with E-state index >= 15 is 0 Å². The average Bonchev–Trinajstić information content (AvgIpc) is 2.40. The maximum atomic E-state index is 14.1. The number of hydrogen-bond donors (Lipinski definition) is 1. The lowest BCUT2D eigenvalue weighted by Gasteiger charge is -2.33. The highest BCUT2D eigenvalue weighted by Crippen LogP contribution is 2.34. The summed E-state index contributed by atoms with van der Waals surface area (Å²) in [5.41, 5.74) is 4.56. The average molecular weight is 301 g/mol. The van der Waals surface area contributed by atoms with E-state index in [2.05, 4.69) is 0 Å². The Morgan fingerprint density at radius 2 is 2.00 bits per heavy atom. The number of nitro benzene ring substituents is 1. The highest BCUT2D eigenvalue weighted by molar-refractivity contribution is 5.64. The van der Waals surface area contributed by atoms with Gasteiger partial charge in [-0.25, -0.2) is 8.78 Å². The fourth-order valence-electron chi connectivity index (χ4n) is 2.10. The Labute approximate surface area is 122 Å². The van der Waals surface area contributed by atoms with E-state index < -0.39 is 22.2 Å². The van der Waals surface area contributed by atoms with Crippen LogP contribution in [0.5, 0.6) is 0 Å². The van der Waals surface area contributed by atoms with Crippen molar-refractivity contribution < 1.29 is 13.7 Å². The van der Waals surface area contributed by atoms with Gasteiger partial charge >= 0.3 is 0 Å². The van der Waals surface area contributed by atoms with Crippen LogP contribution < -0.4 is 10.6 Å². The highest BCUT2D eigenvalue weighted by atomic mass is 19.2. The molecule has 0 saturated carbocycles. The normalized spacial score (nSPS) is 11.5. The second-order valence-electron chi connectivity index (χ2n) is 5.78. The molecule has 21 heavy (non-hydrogen) atoms. The van der Waals surface area contributed by atoms with Crippen LogP contribution in [0.15, 0.2) is 12.1 Å². The minimum atomic E-state index is -1.19. The Hall–Kier alpha value is -1.76. The molecule has 0 aliphatic heterocycles. The lowest BCUT2D eigenvalue weighted by molar-refractivity contribution is -0.384. The van der Waals surface area contributed by atoms with Crippen LogP contribution in [-0.2, 0) is 0 Å². The summed E-state index contributed by atoms with van der Waals surface area (Å²) in [6.45, 7) is 6.63. The number of nitro groups is 1. The number of rotatable bonds is 7. The molecule has 7 heteroatoms. The zero-order chi connectivity index (χ0) is 16.2. The van der Waals surface area contributed by atoms with Crippen molar-refractivity contribution >= 4 is 11.4 Å². The van der Waals surface area contributed by atoms with Crippen LogP contribution in [0.2, 0.25) is 0 Å². The van der Waals surface area contributed by atoms with Gasteiger partial charge in [-0.2, -0.15) is 0 Å². The molecule has 118 valence electrons. The molecule has 0 heterocycles. The molecule has 1 aromatic carbocycles. The van der Waals surface area contributed by atoms with E-state index in [1.165, 1.54) is 4.90 Å². The molecule has 1 aromatic rings. The third-order valence-electron chi connectivity index (χ3n) is 3.23. The smallest absolute Gasteiger partial charge is 0.295 e. The Kier molecular flexibility index (Phi) is 5.60. The lowest BCUT2D eigenvalue weighted by atomic mass is 9.92. The molecule has 0 unspecified atom stereocenters. The minimum Gasteiger partial charge on any atom is -0.363 e. The zero-order valence-corrected chi connectivity index (χ0v) is 12.5. The van der Waals surface area contributed by atoms with Crippen molar-refractivity contribution in [2.45, 2.75) is 27.2 Å². The van der Waals surface area contributed by atoms with Crippen molar-refractivity contribution in [1.29, 1.82) is 0 Å². The van der Waals surface area contributed by atoms with E-state index in [9.17, 15) is 18.9 Å². The van der Waals surface area contributed by atoms with Gasteiger partial charge in [-0.15, -0.1) is 0 Å². The lowest BCUT2D eigenvalue weighted by Crippen LogP contribution is -2.40. The summed E-state index contributed by atoms with van der Waals surface area (Å²) in [7, 11) is 0. The van der Waals surface area contributed by atoms with Crippen molar-refractivity contribution in [2.75, 3.05) is 24.5 Å². The summed E-state index contributed by atoms with van der Waals surface area (Å²) in [5.74, 6) is -2.28. The van der Waals surface area contributed by atoms with Crippen LogP contribution >= 0.6 is 0 Å². The van der Waals surface area contributed by atoms with Gasteiger partial charge in [-0.3, -0.25) is 10.1 Å². The van der Waals surface area contributed by atoms with Crippen LogP contribution in [0.25, 0.3) is 0 Å². The topological polar surface area (TPSA) is 72.4 Å². The zero-order valence-electron chi connectivity index (χ0n) is 12.5. The highest BCUT2D eigenvalue weighted by Gasteiger charge is 2.29. The summed E-state index contributed by atoms with van der Waals surface area (Å²) in [6, 6.07) is 1.76. The van der Waals surface area contributed by atoms with E-state index in [-0.39, 0.29) is 11.1 Å². The molecule has 0 aliphatic carbocycles. The largest absolute Gasteiger partial charge is 0.363 e. The predicted molar refractivity (Wildman–Crippen MR) is 78.4 cm³/mol. The molecular formula is C14H21F2N3O2. The number of anilines is 1. The molecule has 0 spiro atoms. The number of benzene rings is 1. The van der Waals surface area contributed by atoms with E-state index in [1.807, 2.05) is 20.8 Å². The van der Waals surface area contributed by atoms with Crippen LogP contribution in [0.1, 0.15) is 27.2 Å². The van der Waals surface area contributed by atoms with E-state index in [0.717, 1.165) is 12.1 Å². The van der Waals surface area contributed by atoms with Crippen molar-refractivity contribution in [3.05, 3.63) is 33.9 Å². The molecule has 0 saturated heterocycles. The van der Waals surface area contributed by atoms with Crippen molar-refractivity contribution in [2.24, 2.45) is 11.1 Å². The monoisotopic (exact) mass is 301 g/mol. The molecule has 0 atom stereocenters. The van der Waals surface area contributed by atoms with Gasteiger partial charge in [0.2, 0.25) is 0 Å². The maximum absolute atomic E-state index is 14.1. The number of nitrogens with two attached hydrogens (primary N) is 1. The predicted octanol–water partition coefficient (Wildman–Crippen LogP) is 3.07. The molecule has 5 nitrogen and oxygen atoms in total. The Bertz CT molecular complexity index is 521. The van der Waals surface area contributed by atoms with E-state index in [4.69, 9.17) is 5.73 Å². The van der Waals surface area contributed by atoms with Gasteiger partial charge in [0.25, 0.3) is 5.69 Å². The van der Waals surface area contributed by atoms with Gasteiger partial charge in [-0.1, -0.05) is 20.8 Å². The molecule has 0 radical (unpaired) electrons. The molecule has 1 rings (SSSR count). The van der Waals surface area contributed by atoms with Crippen molar-refractivity contribution in [3.8, 4) is 0 Å². The van der Waals surface area contributed by atoms with Crippen LogP contribution in [-0.4, -0.2) is 24.6 Å². The summed E-state index contributed by atoms with van der Waals surface area (Å²) in [5, 5.41) is 11.1. The first kappa shape index (κ1) is 17.3. The Morgan fingerprint density at radius 1 is 1.38 bits per heavy atom. The first-order valence-electron chi connectivity index (χ1n) is 6.81. The van der Waals surface area contributed by atoms with Crippen molar-refractivity contribution in [3.63, 3.8) is 0 Å². The molecular weight excluding hydrogens is 280 g/mol. The fourth-order valence-corrected chi connectivity index (χ4v) is 2.10.